The van der Waals surface area contributed by atoms with Crippen LogP contribution in [0.5, 0.6) is 0 Å². The van der Waals surface area contributed by atoms with Crippen LogP contribution in [0.25, 0.3) is 0 Å². The fraction of sp³-hybridized carbons (Fsp3) is 0.750. The predicted molar refractivity (Wildman–Crippen MR) is 74.8 cm³/mol. The maximum Gasteiger partial charge on any atom is 0.244 e. The summed E-state index contributed by atoms with van der Waals surface area (Å²) in [7, 11) is -3.61. The highest BCUT2D eigenvalue weighted by Gasteiger charge is 2.36. The Balaban J connectivity index is 2.20. The molecule has 0 amide bonds. The zero-order chi connectivity index (χ0) is 14.8. The molecule has 1 aromatic heterocycles. The lowest BCUT2D eigenvalue weighted by Gasteiger charge is -2.36. The molecule has 3 N–H and O–H groups in total. The number of nitrogens with one attached hydrogen (secondary N) is 1. The van der Waals surface area contributed by atoms with Gasteiger partial charge >= 0.3 is 0 Å². The van der Waals surface area contributed by atoms with E-state index < -0.39 is 15.6 Å². The van der Waals surface area contributed by atoms with Gasteiger partial charge in [-0.2, -0.15) is 5.10 Å². The highest BCUT2D eigenvalue weighted by molar-refractivity contribution is 7.89. The molecule has 114 valence electrons. The molecule has 1 aromatic rings. The minimum atomic E-state index is -3.61. The molecular weight excluding hydrogens is 280 g/mol. The Kier molecular flexibility index (Phi) is 4.48. The largest absolute Gasteiger partial charge is 0.381 e. The maximum absolute atomic E-state index is 12.4. The summed E-state index contributed by atoms with van der Waals surface area (Å²) in [5.74, 6) is 0. The van der Waals surface area contributed by atoms with Gasteiger partial charge in [0, 0.05) is 37.5 Å². The fourth-order valence-corrected chi connectivity index (χ4v) is 3.60. The van der Waals surface area contributed by atoms with Crippen molar-refractivity contribution in [2.45, 2.75) is 43.2 Å². The molecule has 1 aliphatic heterocycles. The van der Waals surface area contributed by atoms with Crippen LogP contribution in [0.15, 0.2) is 17.3 Å². The van der Waals surface area contributed by atoms with Crippen molar-refractivity contribution in [1.82, 2.24) is 14.5 Å². The first-order chi connectivity index (χ1) is 9.38. The molecule has 0 radical (unpaired) electrons. The molecule has 2 rings (SSSR count). The van der Waals surface area contributed by atoms with Crippen LogP contribution in [-0.2, 0) is 14.8 Å². The van der Waals surface area contributed by atoms with Gasteiger partial charge in [-0.1, -0.05) is 0 Å². The van der Waals surface area contributed by atoms with Gasteiger partial charge in [-0.25, -0.2) is 13.1 Å². The third kappa shape index (κ3) is 3.20. The van der Waals surface area contributed by atoms with Gasteiger partial charge in [-0.15, -0.1) is 0 Å². The summed E-state index contributed by atoms with van der Waals surface area (Å²) in [5, 5.41) is 4.07. The molecule has 0 spiro atoms. The second-order valence-electron chi connectivity index (χ2n) is 5.45. The van der Waals surface area contributed by atoms with Crippen molar-refractivity contribution >= 4 is 10.0 Å². The summed E-state index contributed by atoms with van der Waals surface area (Å²) in [5.41, 5.74) is 5.16. The SMILES string of the molecule is CC(C)n1cc(S(=O)(=O)NC2(CN)CCOCC2)cn1. The number of sulfonamides is 1. The average molecular weight is 302 g/mol. The number of ether oxygens (including phenoxy) is 1. The van der Waals surface area contributed by atoms with Crippen molar-refractivity contribution in [3.8, 4) is 0 Å². The Labute approximate surface area is 119 Å². The van der Waals surface area contributed by atoms with Crippen molar-refractivity contribution in [3.05, 3.63) is 12.4 Å². The van der Waals surface area contributed by atoms with Crippen molar-refractivity contribution in [2.24, 2.45) is 5.73 Å². The number of hydrogen-bond donors (Lipinski definition) is 2. The minimum Gasteiger partial charge on any atom is -0.381 e. The van der Waals surface area contributed by atoms with E-state index in [1.165, 1.54) is 12.4 Å². The maximum atomic E-state index is 12.4. The highest BCUT2D eigenvalue weighted by Crippen LogP contribution is 2.22. The Morgan fingerprint density at radius 2 is 2.15 bits per heavy atom. The first kappa shape index (κ1) is 15.4. The molecule has 1 fully saturated rings. The third-order valence-corrected chi connectivity index (χ3v) is 5.14. The number of nitrogens with zero attached hydrogens (tertiary/aromatic N) is 2. The first-order valence-corrected chi connectivity index (χ1v) is 8.23. The third-order valence-electron chi connectivity index (χ3n) is 3.61. The van der Waals surface area contributed by atoms with E-state index in [4.69, 9.17) is 10.5 Å². The standard InChI is InChI=1S/C12H22N4O3S/c1-10(2)16-8-11(7-14-16)20(17,18)15-12(9-13)3-5-19-6-4-12/h7-8,10,15H,3-6,9,13H2,1-2H3. The average Bonchev–Trinajstić information content (AvgIpc) is 2.90. The molecular formula is C12H22N4O3S. The van der Waals surface area contributed by atoms with E-state index in [9.17, 15) is 8.42 Å². The predicted octanol–water partition coefficient (Wildman–Crippen LogP) is 0.250. The van der Waals surface area contributed by atoms with Crippen molar-refractivity contribution < 1.29 is 13.2 Å². The Morgan fingerprint density at radius 1 is 1.50 bits per heavy atom. The fourth-order valence-electron chi connectivity index (χ4n) is 2.20. The van der Waals surface area contributed by atoms with Gasteiger partial charge in [-0.05, 0) is 26.7 Å². The number of nitrogens with two attached hydrogens (primary N) is 1. The summed E-state index contributed by atoms with van der Waals surface area (Å²) in [6, 6.07) is 0.116. The number of rotatable bonds is 5. The molecule has 0 bridgehead atoms. The van der Waals surface area contributed by atoms with Gasteiger partial charge in [0.1, 0.15) is 4.90 Å². The summed E-state index contributed by atoms with van der Waals surface area (Å²) in [6.45, 7) is 5.18. The summed E-state index contributed by atoms with van der Waals surface area (Å²) >= 11 is 0. The normalized spacial score (nSPS) is 19.4. The van der Waals surface area contributed by atoms with E-state index in [0.717, 1.165) is 0 Å². The second kappa shape index (κ2) is 5.80. The van der Waals surface area contributed by atoms with E-state index in [1.807, 2.05) is 13.8 Å². The van der Waals surface area contributed by atoms with Crippen LogP contribution in [0.2, 0.25) is 0 Å². The van der Waals surface area contributed by atoms with Gasteiger partial charge in [-0.3, -0.25) is 4.68 Å². The van der Waals surface area contributed by atoms with Crippen LogP contribution < -0.4 is 10.5 Å². The zero-order valence-corrected chi connectivity index (χ0v) is 12.7. The Morgan fingerprint density at radius 3 is 2.65 bits per heavy atom. The second-order valence-corrected chi connectivity index (χ2v) is 7.13. The molecule has 8 heteroatoms. The van der Waals surface area contributed by atoms with Gasteiger partial charge in [0.05, 0.1) is 6.20 Å². The first-order valence-electron chi connectivity index (χ1n) is 6.74. The van der Waals surface area contributed by atoms with Gasteiger partial charge in [0.2, 0.25) is 10.0 Å². The molecule has 1 saturated heterocycles. The zero-order valence-electron chi connectivity index (χ0n) is 11.9. The monoisotopic (exact) mass is 302 g/mol. The summed E-state index contributed by atoms with van der Waals surface area (Å²) < 4.78 is 34.5. The van der Waals surface area contributed by atoms with Gasteiger partial charge in [0.25, 0.3) is 0 Å². The van der Waals surface area contributed by atoms with Crippen LogP contribution in [-0.4, -0.2) is 43.5 Å². The minimum absolute atomic E-state index is 0.116. The van der Waals surface area contributed by atoms with Crippen LogP contribution >= 0.6 is 0 Å². The molecule has 0 aliphatic carbocycles. The van der Waals surface area contributed by atoms with Crippen LogP contribution in [0.3, 0.4) is 0 Å². The van der Waals surface area contributed by atoms with Crippen molar-refractivity contribution in [2.75, 3.05) is 19.8 Å². The molecule has 0 atom stereocenters. The topological polar surface area (TPSA) is 99.2 Å². The van der Waals surface area contributed by atoms with E-state index in [2.05, 4.69) is 9.82 Å². The summed E-state index contributed by atoms with van der Waals surface area (Å²) in [6.07, 6.45) is 4.07. The van der Waals surface area contributed by atoms with E-state index >= 15 is 0 Å². The molecule has 2 heterocycles. The molecule has 0 saturated carbocycles. The number of hydrogen-bond acceptors (Lipinski definition) is 5. The van der Waals surface area contributed by atoms with Crippen molar-refractivity contribution in [1.29, 1.82) is 0 Å². The molecule has 7 nitrogen and oxygen atoms in total. The lowest BCUT2D eigenvalue weighted by Crippen LogP contribution is -2.56. The molecule has 0 unspecified atom stereocenters. The van der Waals surface area contributed by atoms with E-state index in [0.29, 0.717) is 26.1 Å². The smallest absolute Gasteiger partial charge is 0.244 e. The van der Waals surface area contributed by atoms with Gasteiger partial charge < -0.3 is 10.5 Å². The molecule has 1 aliphatic rings. The quantitative estimate of drug-likeness (QED) is 0.812. The molecule has 0 aromatic carbocycles. The summed E-state index contributed by atoms with van der Waals surface area (Å²) in [4.78, 5) is 0.172. The van der Waals surface area contributed by atoms with E-state index in [1.54, 1.807) is 4.68 Å². The van der Waals surface area contributed by atoms with Crippen molar-refractivity contribution in [3.63, 3.8) is 0 Å². The Bertz CT molecular complexity index is 547. The Hall–Kier alpha value is -0.960. The lowest BCUT2D eigenvalue weighted by molar-refractivity contribution is 0.0502. The van der Waals surface area contributed by atoms with E-state index in [-0.39, 0.29) is 17.5 Å². The molecule has 20 heavy (non-hydrogen) atoms. The van der Waals surface area contributed by atoms with Crippen LogP contribution in [0.4, 0.5) is 0 Å². The highest BCUT2D eigenvalue weighted by atomic mass is 32.2. The van der Waals surface area contributed by atoms with Crippen LogP contribution in [0.1, 0.15) is 32.7 Å². The van der Waals surface area contributed by atoms with Gasteiger partial charge in [0.15, 0.2) is 0 Å². The van der Waals surface area contributed by atoms with Crippen LogP contribution in [0, 0.1) is 0 Å². The number of aromatic nitrogens is 2. The lowest BCUT2D eigenvalue weighted by atomic mass is 9.92.